The van der Waals surface area contributed by atoms with E-state index in [1.54, 1.807) is 0 Å². The molecule has 2 nitrogen and oxygen atoms in total. The molecular weight excluding hydrogens is 400 g/mol. The van der Waals surface area contributed by atoms with Gasteiger partial charge in [-0.15, -0.1) is 0 Å². The summed E-state index contributed by atoms with van der Waals surface area (Å²) in [4.78, 5) is 6.57. The second-order valence-electron chi connectivity index (χ2n) is 8.45. The Hall–Kier alpha value is -4.43. The van der Waals surface area contributed by atoms with Crippen LogP contribution in [0, 0.1) is 0 Å². The molecule has 0 unspecified atom stereocenters. The van der Waals surface area contributed by atoms with Gasteiger partial charge in [0.25, 0.3) is 0 Å². The van der Waals surface area contributed by atoms with E-state index in [0.717, 1.165) is 11.4 Å². The smallest absolute Gasteiger partial charge is 0.0540 e. The van der Waals surface area contributed by atoms with E-state index in [4.69, 9.17) is 0 Å². The van der Waals surface area contributed by atoms with Crippen LogP contribution in [0.4, 0.5) is 17.1 Å². The van der Waals surface area contributed by atoms with Crippen LogP contribution in [0.15, 0.2) is 122 Å². The Morgan fingerprint density at radius 2 is 1.00 bits per heavy atom. The third-order valence-corrected chi connectivity index (χ3v) is 6.68. The Kier molecular flexibility index (Phi) is 3.88. The Labute approximate surface area is 191 Å². The number of fused-ring (bicyclic) bond motifs is 2. The highest BCUT2D eigenvalue weighted by molar-refractivity contribution is 6.34. The molecule has 0 bridgehead atoms. The number of para-hydroxylation sites is 1. The zero-order chi connectivity index (χ0) is 21.8. The predicted octanol–water partition coefficient (Wildman–Crippen LogP) is 8.60. The van der Waals surface area contributed by atoms with E-state index in [2.05, 4.69) is 119 Å². The largest absolute Gasteiger partial charge is 0.310 e. The lowest BCUT2D eigenvalue weighted by atomic mass is 9.89. The molecule has 0 aliphatic carbocycles. The molecule has 0 aliphatic heterocycles. The fourth-order valence-electron chi connectivity index (χ4n) is 5.32. The molecule has 0 saturated heterocycles. The summed E-state index contributed by atoms with van der Waals surface area (Å²) in [7, 11) is 0. The van der Waals surface area contributed by atoms with Crippen molar-refractivity contribution >= 4 is 60.2 Å². The summed E-state index contributed by atoms with van der Waals surface area (Å²) in [5.74, 6) is 0. The Bertz CT molecular complexity index is 1670. The molecular formula is C31H20N2. The first-order valence-corrected chi connectivity index (χ1v) is 11.2. The summed E-state index contributed by atoms with van der Waals surface area (Å²) >= 11 is 0. The quantitative estimate of drug-likeness (QED) is 0.210. The highest BCUT2D eigenvalue weighted by Gasteiger charge is 2.19. The number of aromatic nitrogens is 1. The summed E-state index contributed by atoms with van der Waals surface area (Å²) < 4.78 is 0. The molecule has 0 amide bonds. The van der Waals surface area contributed by atoms with Crippen LogP contribution >= 0.6 is 0 Å². The summed E-state index contributed by atoms with van der Waals surface area (Å²) in [6, 6.07) is 39.2. The van der Waals surface area contributed by atoms with Crippen molar-refractivity contribution in [2.75, 3.05) is 4.90 Å². The van der Waals surface area contributed by atoms with Crippen LogP contribution in [0.1, 0.15) is 0 Å². The monoisotopic (exact) mass is 420 g/mol. The minimum Gasteiger partial charge on any atom is -0.310 e. The number of anilines is 3. The van der Waals surface area contributed by atoms with Gasteiger partial charge in [0.1, 0.15) is 0 Å². The Morgan fingerprint density at radius 3 is 1.73 bits per heavy atom. The van der Waals surface area contributed by atoms with Crippen molar-refractivity contribution < 1.29 is 0 Å². The van der Waals surface area contributed by atoms with E-state index >= 15 is 0 Å². The second-order valence-corrected chi connectivity index (χ2v) is 8.45. The molecule has 0 fully saturated rings. The van der Waals surface area contributed by atoms with Crippen LogP contribution < -0.4 is 4.90 Å². The van der Waals surface area contributed by atoms with E-state index in [1.165, 1.54) is 48.8 Å². The van der Waals surface area contributed by atoms with E-state index in [-0.39, 0.29) is 0 Å². The van der Waals surface area contributed by atoms with E-state index in [9.17, 15) is 0 Å². The maximum Gasteiger partial charge on any atom is 0.0540 e. The van der Waals surface area contributed by atoms with Gasteiger partial charge >= 0.3 is 0 Å². The summed E-state index contributed by atoms with van der Waals surface area (Å²) in [5, 5.41) is 10.4. The molecule has 1 heterocycles. The summed E-state index contributed by atoms with van der Waals surface area (Å²) in [5.41, 5.74) is 3.39. The van der Waals surface area contributed by atoms with Gasteiger partial charge in [-0.25, -0.2) is 0 Å². The van der Waals surface area contributed by atoms with Crippen molar-refractivity contribution in [3.05, 3.63) is 122 Å². The molecule has 0 radical (unpaired) electrons. The van der Waals surface area contributed by atoms with Gasteiger partial charge in [-0.1, -0.05) is 78.9 Å². The molecule has 7 rings (SSSR count). The Morgan fingerprint density at radius 1 is 0.424 bits per heavy atom. The predicted molar refractivity (Wildman–Crippen MR) is 140 cm³/mol. The molecule has 6 aromatic carbocycles. The first-order valence-electron chi connectivity index (χ1n) is 11.2. The van der Waals surface area contributed by atoms with E-state index < -0.39 is 0 Å². The number of pyridine rings is 1. The third-order valence-electron chi connectivity index (χ3n) is 6.68. The molecule has 1 aromatic heterocycles. The highest BCUT2D eigenvalue weighted by Crippen LogP contribution is 2.45. The summed E-state index contributed by atoms with van der Waals surface area (Å²) in [6.07, 6.45) is 3.71. The first kappa shape index (κ1) is 18.2. The molecule has 0 N–H and O–H groups in total. The minimum atomic E-state index is 1.09. The van der Waals surface area contributed by atoms with Crippen molar-refractivity contribution in [1.29, 1.82) is 0 Å². The second kappa shape index (κ2) is 7.04. The molecule has 154 valence electrons. The lowest BCUT2D eigenvalue weighted by molar-refractivity contribution is 1.25. The lowest BCUT2D eigenvalue weighted by Gasteiger charge is -2.27. The fourth-order valence-corrected chi connectivity index (χ4v) is 5.32. The summed E-state index contributed by atoms with van der Waals surface area (Å²) in [6.45, 7) is 0. The van der Waals surface area contributed by atoms with Gasteiger partial charge in [0.15, 0.2) is 0 Å². The van der Waals surface area contributed by atoms with Crippen molar-refractivity contribution in [2.45, 2.75) is 0 Å². The van der Waals surface area contributed by atoms with Gasteiger partial charge in [-0.05, 0) is 68.0 Å². The highest BCUT2D eigenvalue weighted by atomic mass is 15.1. The average Bonchev–Trinajstić information content (AvgIpc) is 2.89. The van der Waals surface area contributed by atoms with Crippen LogP contribution in [-0.2, 0) is 0 Å². The fraction of sp³-hybridized carbons (Fsp3) is 0. The third kappa shape index (κ3) is 2.64. The number of hydrogen-bond acceptors (Lipinski definition) is 2. The van der Waals surface area contributed by atoms with Gasteiger partial charge < -0.3 is 4.90 Å². The molecule has 0 atom stereocenters. The minimum absolute atomic E-state index is 1.09. The SMILES string of the molecule is c1ccc(N(c2ccncc2)c2ccc3c4cccc5cccc(c6cccc2c63)c54)cc1. The van der Waals surface area contributed by atoms with Crippen LogP contribution in [-0.4, -0.2) is 4.98 Å². The molecule has 0 spiro atoms. The molecule has 0 saturated carbocycles. The first-order chi connectivity index (χ1) is 16.4. The number of benzene rings is 6. The normalized spacial score (nSPS) is 11.6. The van der Waals surface area contributed by atoms with Gasteiger partial charge in [0.05, 0.1) is 5.69 Å². The zero-order valence-corrected chi connectivity index (χ0v) is 17.9. The molecule has 7 aromatic rings. The number of nitrogens with zero attached hydrogens (tertiary/aromatic N) is 2. The number of rotatable bonds is 3. The maximum atomic E-state index is 4.25. The van der Waals surface area contributed by atoms with Crippen molar-refractivity contribution in [3.8, 4) is 0 Å². The average molecular weight is 421 g/mol. The van der Waals surface area contributed by atoms with Crippen molar-refractivity contribution in [3.63, 3.8) is 0 Å². The lowest BCUT2D eigenvalue weighted by Crippen LogP contribution is -2.10. The van der Waals surface area contributed by atoms with Crippen LogP contribution in [0.25, 0.3) is 43.1 Å². The molecule has 0 aliphatic rings. The van der Waals surface area contributed by atoms with E-state index in [0.29, 0.717) is 0 Å². The number of hydrogen-bond donors (Lipinski definition) is 0. The van der Waals surface area contributed by atoms with Gasteiger partial charge in [-0.3, -0.25) is 4.98 Å². The standard InChI is InChI=1S/C31H20N2/c1-2-9-22(10-3-1)33(23-17-19-32-20-18-23)29-16-15-27-25-12-5-8-21-7-4-11-24(30(21)25)26-13-6-14-28(29)31(26)27/h1-20H. The maximum absolute atomic E-state index is 4.25. The van der Waals surface area contributed by atoms with Crippen LogP contribution in [0.3, 0.4) is 0 Å². The van der Waals surface area contributed by atoms with Gasteiger partial charge in [0, 0.05) is 29.2 Å². The van der Waals surface area contributed by atoms with Crippen LogP contribution in [0.2, 0.25) is 0 Å². The topological polar surface area (TPSA) is 16.1 Å². The molecule has 2 heteroatoms. The van der Waals surface area contributed by atoms with Crippen molar-refractivity contribution in [1.82, 2.24) is 4.98 Å². The molecule has 33 heavy (non-hydrogen) atoms. The van der Waals surface area contributed by atoms with Gasteiger partial charge in [-0.2, -0.15) is 0 Å². The van der Waals surface area contributed by atoms with Crippen LogP contribution in [0.5, 0.6) is 0 Å². The Balaban J connectivity index is 1.64. The zero-order valence-electron chi connectivity index (χ0n) is 17.9. The van der Waals surface area contributed by atoms with E-state index in [1.807, 2.05) is 12.4 Å². The van der Waals surface area contributed by atoms with Crippen molar-refractivity contribution in [2.24, 2.45) is 0 Å². The van der Waals surface area contributed by atoms with Gasteiger partial charge in [0.2, 0.25) is 0 Å².